The quantitative estimate of drug-likeness (QED) is 0.286. The molecule has 0 spiro atoms. The van der Waals surface area contributed by atoms with E-state index >= 15 is 4.39 Å². The van der Waals surface area contributed by atoms with Gasteiger partial charge in [-0.3, -0.25) is 4.90 Å². The van der Waals surface area contributed by atoms with Gasteiger partial charge in [-0.1, -0.05) is 18.2 Å². The minimum atomic E-state index is -4.91. The summed E-state index contributed by atoms with van der Waals surface area (Å²) in [5.41, 5.74) is 2.96. The number of alkyl halides is 3. The second-order valence-electron chi connectivity index (χ2n) is 13.7. The van der Waals surface area contributed by atoms with Gasteiger partial charge in [-0.05, 0) is 69.2 Å². The monoisotopic (exact) mass is 691 g/mol. The number of halogens is 7. The van der Waals surface area contributed by atoms with Gasteiger partial charge in [-0.25, -0.2) is 9.37 Å². The van der Waals surface area contributed by atoms with Crippen molar-refractivity contribution in [3.63, 3.8) is 0 Å². The Morgan fingerprint density at radius 3 is 2.75 bits per heavy atom. The van der Waals surface area contributed by atoms with Crippen LogP contribution < -0.4 is 20.7 Å². The SMILES string of the molecule is C=C1C[C@@H]2[C@@H]3CC[C@H](CN2c2nc(OC[C@]45CCCN4CC(=C(F)F)C5)nc4c(F)c(-c5nc(N)cc(C)c5C(F)(F)F)c(Cl)c1c24)N3. The molecule has 0 saturated carbocycles. The number of pyridine rings is 1. The van der Waals surface area contributed by atoms with E-state index in [1.807, 2.05) is 4.90 Å². The summed E-state index contributed by atoms with van der Waals surface area (Å²) in [7, 11) is 0. The van der Waals surface area contributed by atoms with Crippen LogP contribution in [-0.2, 0) is 6.18 Å². The average molecular weight is 692 g/mol. The molecule has 5 aliphatic rings. The molecule has 0 radical (unpaired) electrons. The van der Waals surface area contributed by atoms with Gasteiger partial charge in [0.25, 0.3) is 6.08 Å². The van der Waals surface area contributed by atoms with Gasteiger partial charge in [0.15, 0.2) is 5.82 Å². The maximum Gasteiger partial charge on any atom is 0.418 e. The van der Waals surface area contributed by atoms with E-state index in [1.165, 1.54) is 6.92 Å². The standard InChI is InChI=1S/C33H32ClF6N7O/c1-14-8-19-18-5-4-17(42-18)12-47(19)30-22-21(14)25(34)23(27-24(33(38,39)40)15(2)9-20(41)43-27)26(35)28(22)44-31(45-30)48-13-32-6-3-7-46(32)11-16(10-32)29(36)37/h9,17-19,42H,1,3-8,10-13H2,2H3,(H2,41,43)/t17-,18+,19-,32-/m1/s1. The minimum absolute atomic E-state index is 0.0270. The number of aryl methyl sites for hydroxylation is 1. The van der Waals surface area contributed by atoms with Gasteiger partial charge in [0.1, 0.15) is 23.8 Å². The molecule has 3 N–H and O–H groups in total. The van der Waals surface area contributed by atoms with E-state index in [0.717, 1.165) is 25.3 Å². The molecule has 0 unspecified atom stereocenters. The largest absolute Gasteiger partial charge is 0.461 e. The van der Waals surface area contributed by atoms with Crippen molar-refractivity contribution in [2.45, 2.75) is 75.3 Å². The maximum absolute atomic E-state index is 17.1. The Bertz CT molecular complexity index is 1930. The van der Waals surface area contributed by atoms with Crippen LogP contribution in [0.1, 0.15) is 55.2 Å². The normalized spacial score (nSPS) is 26.7. The van der Waals surface area contributed by atoms with Crippen molar-refractivity contribution in [1.29, 1.82) is 0 Å². The fourth-order valence-corrected chi connectivity index (χ4v) is 9.12. The smallest absolute Gasteiger partial charge is 0.418 e. The highest BCUT2D eigenvalue weighted by Gasteiger charge is 2.49. The van der Waals surface area contributed by atoms with E-state index in [-0.39, 0.29) is 82.2 Å². The molecule has 0 amide bonds. The third kappa shape index (κ3) is 4.77. The number of rotatable bonds is 4. The highest BCUT2D eigenvalue weighted by Crippen LogP contribution is 2.51. The van der Waals surface area contributed by atoms with E-state index in [1.54, 1.807) is 0 Å². The Morgan fingerprint density at radius 1 is 1.21 bits per heavy atom. The zero-order chi connectivity index (χ0) is 33.9. The van der Waals surface area contributed by atoms with E-state index in [0.29, 0.717) is 37.3 Å². The van der Waals surface area contributed by atoms with Gasteiger partial charge < -0.3 is 20.7 Å². The molecule has 5 aliphatic heterocycles. The highest BCUT2D eigenvalue weighted by molar-refractivity contribution is 6.37. The van der Waals surface area contributed by atoms with Crippen molar-refractivity contribution in [2.75, 3.05) is 36.9 Å². The fraction of sp³-hybridized carbons (Fsp3) is 0.485. The topological polar surface area (TPSA) is 92.4 Å². The van der Waals surface area contributed by atoms with Crippen molar-refractivity contribution in [3.05, 3.63) is 51.8 Å². The molecular weight excluding hydrogens is 660 g/mol. The lowest BCUT2D eigenvalue weighted by Crippen LogP contribution is -2.58. The van der Waals surface area contributed by atoms with Gasteiger partial charge in [0.05, 0.1) is 32.8 Å². The Kier molecular flexibility index (Phi) is 7.21. The molecule has 7 heterocycles. The van der Waals surface area contributed by atoms with Crippen LogP contribution >= 0.6 is 11.6 Å². The van der Waals surface area contributed by atoms with Crippen molar-refractivity contribution in [2.24, 2.45) is 0 Å². The molecular formula is C33H32ClF6N7O. The number of anilines is 2. The molecule has 1 aromatic carbocycles. The summed E-state index contributed by atoms with van der Waals surface area (Å²) in [4.78, 5) is 17.3. The van der Waals surface area contributed by atoms with Crippen LogP contribution in [0.5, 0.6) is 6.01 Å². The zero-order valence-electron chi connectivity index (χ0n) is 26.0. The van der Waals surface area contributed by atoms with E-state index < -0.39 is 40.4 Å². The number of hydrogen-bond donors (Lipinski definition) is 2. The number of nitrogens with zero attached hydrogens (tertiary/aromatic N) is 5. The van der Waals surface area contributed by atoms with Crippen LogP contribution in [0.3, 0.4) is 0 Å². The summed E-state index contributed by atoms with van der Waals surface area (Å²) in [5, 5.41) is 3.56. The number of fused-ring (bicyclic) bond motifs is 6. The molecule has 8 nitrogen and oxygen atoms in total. The van der Waals surface area contributed by atoms with Gasteiger partial charge in [0.2, 0.25) is 0 Å². The minimum Gasteiger partial charge on any atom is -0.461 e. The number of nitrogens with one attached hydrogen (secondary N) is 1. The number of nitrogen functional groups attached to an aromatic ring is 1. The van der Waals surface area contributed by atoms with Crippen molar-refractivity contribution < 1.29 is 31.1 Å². The molecule has 2 bridgehead atoms. The van der Waals surface area contributed by atoms with Gasteiger partial charge in [0, 0.05) is 42.4 Å². The molecule has 4 saturated heterocycles. The first kappa shape index (κ1) is 31.6. The second kappa shape index (κ2) is 10.9. The summed E-state index contributed by atoms with van der Waals surface area (Å²) >= 11 is 6.95. The van der Waals surface area contributed by atoms with Crippen LogP contribution in [0, 0.1) is 12.7 Å². The van der Waals surface area contributed by atoms with Crippen molar-refractivity contribution in [1.82, 2.24) is 25.2 Å². The van der Waals surface area contributed by atoms with E-state index in [4.69, 9.17) is 27.1 Å². The van der Waals surface area contributed by atoms with Crippen LogP contribution in [0.15, 0.2) is 24.3 Å². The Hall–Kier alpha value is -3.62. The van der Waals surface area contributed by atoms with E-state index in [2.05, 4.69) is 26.8 Å². The lowest BCUT2D eigenvalue weighted by Gasteiger charge is -2.41. The summed E-state index contributed by atoms with van der Waals surface area (Å²) in [5.74, 6) is -1.03. The summed E-state index contributed by atoms with van der Waals surface area (Å²) in [6.45, 7) is 6.79. The Balaban J connectivity index is 1.35. The number of nitrogens with two attached hydrogens (primary N) is 1. The number of aromatic nitrogens is 3. The first-order chi connectivity index (χ1) is 22.8. The molecule has 254 valence electrons. The predicted octanol–water partition coefficient (Wildman–Crippen LogP) is 6.89. The lowest BCUT2D eigenvalue weighted by molar-refractivity contribution is -0.137. The first-order valence-electron chi connectivity index (χ1n) is 15.9. The second-order valence-corrected chi connectivity index (χ2v) is 14.0. The third-order valence-corrected chi connectivity index (χ3v) is 11.2. The first-order valence-corrected chi connectivity index (χ1v) is 16.3. The number of ether oxygens (including phenoxy) is 1. The van der Waals surface area contributed by atoms with Gasteiger partial charge in [-0.15, -0.1) is 0 Å². The van der Waals surface area contributed by atoms with Crippen molar-refractivity contribution in [3.8, 4) is 17.3 Å². The summed E-state index contributed by atoms with van der Waals surface area (Å²) in [6, 6.07) is 0.917. The summed E-state index contributed by atoms with van der Waals surface area (Å²) < 4.78 is 94.0. The molecule has 3 aromatic rings. The van der Waals surface area contributed by atoms with Gasteiger partial charge >= 0.3 is 12.2 Å². The predicted molar refractivity (Wildman–Crippen MR) is 170 cm³/mol. The zero-order valence-corrected chi connectivity index (χ0v) is 26.7. The number of hydrogen-bond acceptors (Lipinski definition) is 8. The number of benzene rings is 1. The van der Waals surface area contributed by atoms with Gasteiger partial charge in [-0.2, -0.15) is 31.9 Å². The van der Waals surface area contributed by atoms with Crippen LogP contribution in [0.4, 0.5) is 38.0 Å². The fourth-order valence-electron chi connectivity index (χ4n) is 8.72. The molecule has 15 heteroatoms. The molecule has 2 aromatic heterocycles. The molecule has 48 heavy (non-hydrogen) atoms. The highest BCUT2D eigenvalue weighted by atomic mass is 35.5. The Labute approximate surface area is 277 Å². The molecule has 4 fully saturated rings. The average Bonchev–Trinajstić information content (AvgIpc) is 3.67. The molecule has 4 atom stereocenters. The van der Waals surface area contributed by atoms with E-state index in [9.17, 15) is 22.0 Å². The Morgan fingerprint density at radius 2 is 2.00 bits per heavy atom. The molecule has 8 rings (SSSR count). The van der Waals surface area contributed by atoms with Crippen LogP contribution in [0.25, 0.3) is 27.7 Å². The van der Waals surface area contributed by atoms with Crippen LogP contribution in [-0.4, -0.2) is 69.8 Å². The van der Waals surface area contributed by atoms with Crippen molar-refractivity contribution >= 4 is 39.7 Å². The lowest BCUT2D eigenvalue weighted by atomic mass is 9.91. The number of piperazine rings is 1. The van der Waals surface area contributed by atoms with Crippen LogP contribution in [0.2, 0.25) is 5.02 Å². The third-order valence-electron chi connectivity index (χ3n) is 10.8. The summed E-state index contributed by atoms with van der Waals surface area (Å²) in [6.07, 6.45) is -2.86. The maximum atomic E-state index is 17.1. The molecule has 0 aliphatic carbocycles.